The van der Waals surface area contributed by atoms with Crippen LogP contribution in [0.5, 0.6) is 0 Å². The lowest BCUT2D eigenvalue weighted by Gasteiger charge is -2.10. The quantitative estimate of drug-likeness (QED) is 0.574. The molecule has 108 valence electrons. The Morgan fingerprint density at radius 1 is 1.45 bits per heavy atom. The van der Waals surface area contributed by atoms with Gasteiger partial charge in [-0.25, -0.2) is 10.5 Å². The van der Waals surface area contributed by atoms with Crippen molar-refractivity contribution in [3.05, 3.63) is 29.6 Å². The van der Waals surface area contributed by atoms with Gasteiger partial charge in [-0.3, -0.25) is 14.4 Å². The zero-order chi connectivity index (χ0) is 14.7. The zero-order valence-corrected chi connectivity index (χ0v) is 12.0. The number of rotatable bonds is 5. The summed E-state index contributed by atoms with van der Waals surface area (Å²) in [7, 11) is 0. The number of fused-ring (bicyclic) bond motifs is 1. The number of imidazole rings is 1. The predicted molar refractivity (Wildman–Crippen MR) is 76.9 cm³/mol. The van der Waals surface area contributed by atoms with Crippen LogP contribution >= 0.6 is 0 Å². The number of carbonyl (C=O) groups excluding carboxylic acids is 1. The third-order valence-corrected chi connectivity index (χ3v) is 3.05. The Morgan fingerprint density at radius 3 is 2.85 bits per heavy atom. The van der Waals surface area contributed by atoms with Crippen molar-refractivity contribution >= 4 is 17.4 Å². The molecule has 0 bridgehead atoms. The number of nitrogens with one attached hydrogen (secondary N) is 2. The highest BCUT2D eigenvalue weighted by Gasteiger charge is 2.15. The average Bonchev–Trinajstić information content (AvgIpc) is 2.74. The van der Waals surface area contributed by atoms with E-state index in [2.05, 4.69) is 24.1 Å². The summed E-state index contributed by atoms with van der Waals surface area (Å²) in [5, 5.41) is 11.6. The van der Waals surface area contributed by atoms with E-state index in [4.69, 9.17) is 5.21 Å². The molecule has 0 aliphatic rings. The number of hydrogen-bond acceptors (Lipinski definition) is 4. The van der Waals surface area contributed by atoms with Crippen molar-refractivity contribution in [2.75, 3.05) is 11.9 Å². The Morgan fingerprint density at radius 2 is 2.20 bits per heavy atom. The van der Waals surface area contributed by atoms with E-state index in [0.717, 1.165) is 29.3 Å². The molecule has 0 fully saturated rings. The lowest BCUT2D eigenvalue weighted by Crippen LogP contribution is -2.27. The van der Waals surface area contributed by atoms with Crippen molar-refractivity contribution in [1.29, 1.82) is 0 Å². The molecular formula is C14H20N4O2. The van der Waals surface area contributed by atoms with Crippen molar-refractivity contribution in [2.45, 2.75) is 27.2 Å². The van der Waals surface area contributed by atoms with Gasteiger partial charge in [0.05, 0.1) is 12.2 Å². The van der Waals surface area contributed by atoms with Gasteiger partial charge < -0.3 is 5.32 Å². The second-order valence-corrected chi connectivity index (χ2v) is 5.25. The van der Waals surface area contributed by atoms with Crippen LogP contribution in [-0.2, 0) is 11.2 Å². The fourth-order valence-electron chi connectivity index (χ4n) is 2.22. The smallest absolute Gasteiger partial charge is 0.262 e. The van der Waals surface area contributed by atoms with Gasteiger partial charge in [0, 0.05) is 5.69 Å². The highest BCUT2D eigenvalue weighted by Crippen LogP contribution is 2.22. The highest BCUT2D eigenvalue weighted by atomic mass is 16.5. The van der Waals surface area contributed by atoms with E-state index in [-0.39, 0.29) is 6.54 Å². The minimum absolute atomic E-state index is 0.00369. The van der Waals surface area contributed by atoms with E-state index in [9.17, 15) is 4.79 Å². The van der Waals surface area contributed by atoms with Crippen LogP contribution < -0.4 is 10.8 Å². The topological polar surface area (TPSA) is 78.7 Å². The molecule has 3 N–H and O–H groups in total. The summed E-state index contributed by atoms with van der Waals surface area (Å²) in [6.45, 7) is 6.25. The second kappa shape index (κ2) is 5.92. The van der Waals surface area contributed by atoms with Crippen LogP contribution in [0.2, 0.25) is 0 Å². The SMILES string of the molecule is Cc1cccc2nc(CC(C)C)c(NCC(=O)NO)n12. The van der Waals surface area contributed by atoms with Crippen molar-refractivity contribution < 1.29 is 10.0 Å². The third-order valence-electron chi connectivity index (χ3n) is 3.05. The molecule has 0 aliphatic carbocycles. The number of nitrogens with zero attached hydrogens (tertiary/aromatic N) is 2. The zero-order valence-electron chi connectivity index (χ0n) is 12.0. The highest BCUT2D eigenvalue weighted by molar-refractivity contribution is 5.79. The fraction of sp³-hybridized carbons (Fsp3) is 0.429. The summed E-state index contributed by atoms with van der Waals surface area (Å²) in [5.41, 5.74) is 4.44. The van der Waals surface area contributed by atoms with Crippen LogP contribution in [0.15, 0.2) is 18.2 Å². The number of aryl methyl sites for hydroxylation is 1. The molecule has 0 saturated heterocycles. The molecule has 2 heterocycles. The minimum Gasteiger partial charge on any atom is -0.360 e. The Balaban J connectivity index is 2.43. The molecule has 2 aromatic heterocycles. The number of hydroxylamine groups is 1. The van der Waals surface area contributed by atoms with Crippen molar-refractivity contribution in [2.24, 2.45) is 5.92 Å². The third kappa shape index (κ3) is 2.91. The number of aromatic nitrogens is 2. The van der Waals surface area contributed by atoms with Gasteiger partial charge in [-0.05, 0) is 31.4 Å². The van der Waals surface area contributed by atoms with E-state index in [1.807, 2.05) is 29.5 Å². The van der Waals surface area contributed by atoms with E-state index >= 15 is 0 Å². The normalized spacial score (nSPS) is 11.1. The Bertz CT molecular complexity index is 619. The monoisotopic (exact) mass is 276 g/mol. The maximum atomic E-state index is 11.2. The van der Waals surface area contributed by atoms with Crippen LogP contribution in [0.25, 0.3) is 5.65 Å². The first-order chi connectivity index (χ1) is 9.52. The molecule has 0 saturated carbocycles. The van der Waals surface area contributed by atoms with Gasteiger partial charge in [-0.2, -0.15) is 0 Å². The van der Waals surface area contributed by atoms with E-state index < -0.39 is 5.91 Å². The molecule has 0 unspecified atom stereocenters. The molecule has 6 nitrogen and oxygen atoms in total. The number of hydrogen-bond donors (Lipinski definition) is 3. The lowest BCUT2D eigenvalue weighted by molar-refractivity contribution is -0.127. The van der Waals surface area contributed by atoms with E-state index in [1.165, 1.54) is 0 Å². The maximum Gasteiger partial charge on any atom is 0.262 e. The van der Waals surface area contributed by atoms with Gasteiger partial charge in [0.1, 0.15) is 11.5 Å². The molecule has 0 atom stereocenters. The van der Waals surface area contributed by atoms with Crippen LogP contribution in [0.3, 0.4) is 0 Å². The second-order valence-electron chi connectivity index (χ2n) is 5.25. The number of anilines is 1. The van der Waals surface area contributed by atoms with Gasteiger partial charge in [0.15, 0.2) is 0 Å². The molecule has 0 aromatic carbocycles. The first-order valence-corrected chi connectivity index (χ1v) is 6.66. The summed E-state index contributed by atoms with van der Waals surface area (Å²) < 4.78 is 1.99. The first kappa shape index (κ1) is 14.3. The molecular weight excluding hydrogens is 256 g/mol. The summed E-state index contributed by atoms with van der Waals surface area (Å²) in [4.78, 5) is 15.8. The predicted octanol–water partition coefficient (Wildman–Crippen LogP) is 1.76. The van der Waals surface area contributed by atoms with Crippen LogP contribution in [0.4, 0.5) is 5.82 Å². The molecule has 6 heteroatoms. The molecule has 0 aliphatic heterocycles. The van der Waals surface area contributed by atoms with Gasteiger partial charge in [0.25, 0.3) is 5.91 Å². The number of carbonyl (C=O) groups is 1. The number of amides is 1. The van der Waals surface area contributed by atoms with E-state index in [1.54, 1.807) is 5.48 Å². The summed E-state index contributed by atoms with van der Waals surface area (Å²) in [6.07, 6.45) is 0.824. The largest absolute Gasteiger partial charge is 0.360 e. The van der Waals surface area contributed by atoms with Crippen LogP contribution in [-0.4, -0.2) is 27.0 Å². The molecule has 2 rings (SSSR count). The van der Waals surface area contributed by atoms with Crippen LogP contribution in [0, 0.1) is 12.8 Å². The average molecular weight is 276 g/mol. The van der Waals surface area contributed by atoms with Gasteiger partial charge in [-0.15, -0.1) is 0 Å². The lowest BCUT2D eigenvalue weighted by atomic mass is 10.1. The summed E-state index contributed by atoms with van der Waals surface area (Å²) in [5.74, 6) is 0.798. The molecule has 20 heavy (non-hydrogen) atoms. The summed E-state index contributed by atoms with van der Waals surface area (Å²) >= 11 is 0. The van der Waals surface area contributed by atoms with E-state index in [0.29, 0.717) is 5.92 Å². The Kier molecular flexibility index (Phi) is 4.24. The Labute approximate surface area is 117 Å². The van der Waals surface area contributed by atoms with Gasteiger partial charge >= 0.3 is 0 Å². The molecule has 0 radical (unpaired) electrons. The standard InChI is InChI=1S/C14H20N4O2/c1-9(2)7-11-14(15-8-13(19)17-20)18-10(3)5-4-6-12(18)16-11/h4-6,9,15,20H,7-8H2,1-3H3,(H,17,19). The molecule has 2 aromatic rings. The Hall–Kier alpha value is -2.08. The van der Waals surface area contributed by atoms with Gasteiger partial charge in [0.2, 0.25) is 0 Å². The maximum absolute atomic E-state index is 11.2. The van der Waals surface area contributed by atoms with Gasteiger partial charge in [-0.1, -0.05) is 19.9 Å². The summed E-state index contributed by atoms with van der Waals surface area (Å²) in [6, 6.07) is 5.89. The minimum atomic E-state index is -0.482. The molecule has 1 amide bonds. The number of pyridine rings is 1. The fourth-order valence-corrected chi connectivity index (χ4v) is 2.22. The van der Waals surface area contributed by atoms with Crippen molar-refractivity contribution in [1.82, 2.24) is 14.9 Å². The van der Waals surface area contributed by atoms with Crippen molar-refractivity contribution in [3.63, 3.8) is 0 Å². The molecule has 0 spiro atoms. The van der Waals surface area contributed by atoms with Crippen molar-refractivity contribution in [3.8, 4) is 0 Å². The van der Waals surface area contributed by atoms with Crippen LogP contribution in [0.1, 0.15) is 25.2 Å². The first-order valence-electron chi connectivity index (χ1n) is 6.66.